The van der Waals surface area contributed by atoms with E-state index in [2.05, 4.69) is 15.5 Å². The topological polar surface area (TPSA) is 81.8 Å². The van der Waals surface area contributed by atoms with E-state index in [-0.39, 0.29) is 29.5 Å². The fourth-order valence-corrected chi connectivity index (χ4v) is 3.12. The van der Waals surface area contributed by atoms with Crippen molar-refractivity contribution in [2.24, 2.45) is 0 Å². The van der Waals surface area contributed by atoms with E-state index in [4.69, 9.17) is 0 Å². The van der Waals surface area contributed by atoms with E-state index in [1.165, 1.54) is 4.68 Å². The van der Waals surface area contributed by atoms with Gasteiger partial charge in [-0.1, -0.05) is 44.2 Å². The largest absolute Gasteiger partial charge is 0.350 e. The molecule has 28 heavy (non-hydrogen) atoms. The summed E-state index contributed by atoms with van der Waals surface area (Å²) >= 11 is 0. The number of aromatic nitrogens is 4. The van der Waals surface area contributed by atoms with Gasteiger partial charge in [0.25, 0.3) is 5.56 Å². The Labute approximate surface area is 164 Å². The van der Waals surface area contributed by atoms with Crippen LogP contribution in [0.15, 0.2) is 41.3 Å². The molecule has 1 amide bonds. The molecule has 0 radical (unpaired) electrons. The van der Waals surface area contributed by atoms with Gasteiger partial charge in [0.15, 0.2) is 0 Å². The van der Waals surface area contributed by atoms with Crippen LogP contribution in [0.25, 0.3) is 10.9 Å². The van der Waals surface area contributed by atoms with Gasteiger partial charge in [-0.3, -0.25) is 14.3 Å². The molecule has 7 heteroatoms. The zero-order valence-electron chi connectivity index (χ0n) is 17.1. The maximum Gasteiger partial charge on any atom is 0.293 e. The van der Waals surface area contributed by atoms with Gasteiger partial charge in [-0.25, -0.2) is 4.68 Å². The molecule has 0 aliphatic heterocycles. The van der Waals surface area contributed by atoms with Gasteiger partial charge in [0.2, 0.25) is 5.91 Å². The highest BCUT2D eigenvalue weighted by Gasteiger charge is 2.24. The van der Waals surface area contributed by atoms with Gasteiger partial charge >= 0.3 is 0 Å². The molecule has 0 unspecified atom stereocenters. The van der Waals surface area contributed by atoms with Gasteiger partial charge in [0.05, 0.1) is 17.4 Å². The van der Waals surface area contributed by atoms with Crippen molar-refractivity contribution in [1.82, 2.24) is 24.9 Å². The second-order valence-corrected chi connectivity index (χ2v) is 8.25. The zero-order chi connectivity index (χ0) is 20.5. The molecule has 1 N–H and O–H groups in total. The number of hydrogen-bond donors (Lipinski definition) is 1. The quantitative estimate of drug-likeness (QED) is 0.737. The Morgan fingerprint density at radius 3 is 2.46 bits per heavy atom. The van der Waals surface area contributed by atoms with E-state index in [1.54, 1.807) is 10.9 Å². The van der Waals surface area contributed by atoms with Crippen LogP contribution in [-0.4, -0.2) is 25.5 Å². The molecule has 0 aliphatic carbocycles. The lowest BCUT2D eigenvalue weighted by molar-refractivity contribution is -0.122. The van der Waals surface area contributed by atoms with Crippen LogP contribution in [0.4, 0.5) is 0 Å². The maximum atomic E-state index is 13.1. The highest BCUT2D eigenvalue weighted by molar-refractivity contribution is 5.81. The lowest BCUT2D eigenvalue weighted by Gasteiger charge is -2.21. The Balaban J connectivity index is 1.95. The van der Waals surface area contributed by atoms with Gasteiger partial charge in [0.1, 0.15) is 12.1 Å². The minimum absolute atomic E-state index is 0.0966. The molecular formula is C21H27N5O2. The molecule has 3 rings (SSSR count). The fourth-order valence-electron chi connectivity index (χ4n) is 3.12. The van der Waals surface area contributed by atoms with Crippen LogP contribution in [0.3, 0.4) is 0 Å². The third-order valence-electron chi connectivity index (χ3n) is 4.52. The van der Waals surface area contributed by atoms with Gasteiger partial charge in [-0.05, 0) is 32.3 Å². The molecule has 1 aromatic carbocycles. The molecule has 2 aromatic heterocycles. The van der Waals surface area contributed by atoms with Gasteiger partial charge in [-0.15, -0.1) is 0 Å². The van der Waals surface area contributed by atoms with Crippen molar-refractivity contribution in [3.05, 3.63) is 58.1 Å². The fraction of sp³-hybridized carbons (Fsp3) is 0.429. The number of amides is 1. The second-order valence-electron chi connectivity index (χ2n) is 8.25. The number of nitrogens with one attached hydrogen (secondary N) is 1. The first kappa shape index (κ1) is 19.8. The number of hydrogen-bond acceptors (Lipinski definition) is 4. The summed E-state index contributed by atoms with van der Waals surface area (Å²) in [5.74, 6) is -0.159. The van der Waals surface area contributed by atoms with Crippen LogP contribution in [0.1, 0.15) is 51.8 Å². The first-order chi connectivity index (χ1) is 13.2. The summed E-state index contributed by atoms with van der Waals surface area (Å²) in [5.41, 5.74) is 1.59. The average Bonchev–Trinajstić information content (AvgIpc) is 3.09. The normalized spacial score (nSPS) is 11.9. The molecule has 3 aromatic rings. The van der Waals surface area contributed by atoms with Crippen molar-refractivity contribution < 1.29 is 4.79 Å². The van der Waals surface area contributed by atoms with E-state index >= 15 is 0 Å². The summed E-state index contributed by atoms with van der Waals surface area (Å²) in [5, 5.41) is 12.5. The van der Waals surface area contributed by atoms with Crippen molar-refractivity contribution in [3.63, 3.8) is 0 Å². The monoisotopic (exact) mass is 381 g/mol. The van der Waals surface area contributed by atoms with E-state index in [9.17, 15) is 9.59 Å². The minimum Gasteiger partial charge on any atom is -0.350 e. The summed E-state index contributed by atoms with van der Waals surface area (Å²) in [7, 11) is 0. The third kappa shape index (κ3) is 3.98. The van der Waals surface area contributed by atoms with E-state index in [0.717, 1.165) is 16.6 Å². The Kier molecular flexibility index (Phi) is 5.36. The summed E-state index contributed by atoms with van der Waals surface area (Å²) in [6.45, 7) is 10.3. The third-order valence-corrected chi connectivity index (χ3v) is 4.52. The summed E-state index contributed by atoms with van der Waals surface area (Å²) < 4.78 is 2.97. The number of fused-ring (bicyclic) bond motifs is 1. The molecule has 0 fully saturated rings. The predicted molar refractivity (Wildman–Crippen MR) is 109 cm³/mol. The molecule has 2 heterocycles. The van der Waals surface area contributed by atoms with Crippen LogP contribution >= 0.6 is 0 Å². The van der Waals surface area contributed by atoms with Gasteiger partial charge in [-0.2, -0.15) is 10.2 Å². The molecule has 0 aliphatic rings. The zero-order valence-corrected chi connectivity index (χ0v) is 17.1. The highest BCUT2D eigenvalue weighted by Crippen LogP contribution is 2.24. The molecule has 7 nitrogen and oxygen atoms in total. The molecule has 0 saturated heterocycles. The molecule has 0 saturated carbocycles. The number of carbonyl (C=O) groups is 1. The smallest absolute Gasteiger partial charge is 0.293 e. The molecular weight excluding hydrogens is 354 g/mol. The van der Waals surface area contributed by atoms with Gasteiger partial charge < -0.3 is 5.32 Å². The molecule has 0 bridgehead atoms. The van der Waals surface area contributed by atoms with Crippen molar-refractivity contribution in [3.8, 4) is 0 Å². The van der Waals surface area contributed by atoms with Crippen molar-refractivity contribution in [1.29, 1.82) is 0 Å². The van der Waals surface area contributed by atoms with Crippen molar-refractivity contribution in [2.45, 2.75) is 59.2 Å². The van der Waals surface area contributed by atoms with Crippen LogP contribution < -0.4 is 10.9 Å². The Hall–Kier alpha value is -2.96. The molecule has 0 spiro atoms. The standard InChI is InChI=1S/C21H27N5O2/c1-14(2)18-16-12-23-26(21(3,4)5)19(16)20(28)25(24-18)13-17(27)22-11-15-9-7-6-8-10-15/h6-10,12,14H,11,13H2,1-5H3,(H,22,27). The lowest BCUT2D eigenvalue weighted by atomic mass is 10.1. The van der Waals surface area contributed by atoms with Crippen molar-refractivity contribution in [2.75, 3.05) is 0 Å². The first-order valence-electron chi connectivity index (χ1n) is 9.48. The van der Waals surface area contributed by atoms with Crippen LogP contribution in [0.2, 0.25) is 0 Å². The summed E-state index contributed by atoms with van der Waals surface area (Å²) in [6, 6.07) is 9.65. The lowest BCUT2D eigenvalue weighted by Crippen LogP contribution is -2.36. The molecule has 0 atom stereocenters. The van der Waals surface area contributed by atoms with E-state index < -0.39 is 0 Å². The summed E-state index contributed by atoms with van der Waals surface area (Å²) in [6.07, 6.45) is 1.70. The van der Waals surface area contributed by atoms with Crippen LogP contribution in [-0.2, 0) is 23.4 Å². The predicted octanol–water partition coefficient (Wildman–Crippen LogP) is 2.79. The number of rotatable bonds is 5. The number of nitrogens with zero attached hydrogens (tertiary/aromatic N) is 4. The highest BCUT2D eigenvalue weighted by atomic mass is 16.2. The minimum atomic E-state index is -0.357. The second kappa shape index (κ2) is 7.58. The van der Waals surface area contributed by atoms with Crippen LogP contribution in [0, 0.1) is 0 Å². The number of benzene rings is 1. The Bertz CT molecular complexity index is 1040. The van der Waals surface area contributed by atoms with Crippen molar-refractivity contribution >= 4 is 16.8 Å². The Morgan fingerprint density at radius 1 is 1.18 bits per heavy atom. The number of carbonyl (C=O) groups excluding carboxylic acids is 1. The van der Waals surface area contributed by atoms with E-state index in [0.29, 0.717) is 12.1 Å². The maximum absolute atomic E-state index is 13.1. The van der Waals surface area contributed by atoms with Crippen LogP contribution in [0.5, 0.6) is 0 Å². The molecule has 148 valence electrons. The first-order valence-corrected chi connectivity index (χ1v) is 9.48. The SMILES string of the molecule is CC(C)c1nn(CC(=O)NCc2ccccc2)c(=O)c2c1cnn2C(C)(C)C. The average molecular weight is 381 g/mol. The van der Waals surface area contributed by atoms with Gasteiger partial charge in [0, 0.05) is 11.9 Å². The summed E-state index contributed by atoms with van der Waals surface area (Å²) in [4.78, 5) is 25.5. The Morgan fingerprint density at radius 2 is 1.86 bits per heavy atom. The van der Waals surface area contributed by atoms with E-state index in [1.807, 2.05) is 65.0 Å².